The highest BCUT2D eigenvalue weighted by atomic mass is 16.2. The fraction of sp³-hybridized carbons (Fsp3) is 0.346. The molecule has 3 amide bonds. The van der Waals surface area contributed by atoms with E-state index in [0.29, 0.717) is 35.6 Å². The summed E-state index contributed by atoms with van der Waals surface area (Å²) in [4.78, 5) is 41.6. The number of nitrogens with zero attached hydrogens (tertiary/aromatic N) is 2. The minimum absolute atomic E-state index is 0.163. The van der Waals surface area contributed by atoms with Crippen LogP contribution in [-0.2, 0) is 14.4 Å². The van der Waals surface area contributed by atoms with Gasteiger partial charge in [0.05, 0.1) is 5.57 Å². The monoisotopic (exact) mass is 433 g/mol. The Hall–Kier alpha value is -3.41. The number of rotatable bonds is 10. The van der Waals surface area contributed by atoms with Crippen LogP contribution in [0.25, 0.3) is 5.57 Å². The van der Waals surface area contributed by atoms with Crippen LogP contribution in [-0.4, -0.2) is 35.7 Å². The molecule has 2 aromatic rings. The first-order valence-electron chi connectivity index (χ1n) is 11.3. The van der Waals surface area contributed by atoms with E-state index in [0.717, 1.165) is 31.4 Å². The van der Waals surface area contributed by atoms with E-state index in [4.69, 9.17) is 0 Å². The smallest absolute Gasteiger partial charge is 0.278 e. The van der Waals surface area contributed by atoms with Crippen LogP contribution in [0.4, 0.5) is 11.4 Å². The molecule has 3 rings (SSSR count). The lowest BCUT2D eigenvalue weighted by Crippen LogP contribution is -2.36. The third kappa shape index (κ3) is 5.07. The summed E-state index contributed by atoms with van der Waals surface area (Å²) in [5.41, 5.74) is 2.99. The summed E-state index contributed by atoms with van der Waals surface area (Å²) in [6.45, 7) is 6.52. The van der Waals surface area contributed by atoms with Gasteiger partial charge in [-0.05, 0) is 43.2 Å². The molecule has 0 saturated carbocycles. The van der Waals surface area contributed by atoms with Crippen molar-refractivity contribution in [3.05, 3.63) is 65.9 Å². The normalized spacial score (nSPS) is 13.7. The quantitative estimate of drug-likeness (QED) is 0.430. The van der Waals surface area contributed by atoms with Crippen LogP contribution in [0.5, 0.6) is 0 Å². The van der Waals surface area contributed by atoms with Gasteiger partial charge in [0.1, 0.15) is 5.70 Å². The lowest BCUT2D eigenvalue weighted by atomic mass is 10.0. The SMILES string of the molecule is CCCCCCN1C(=O)C(c2ccc(NC(C)=O)cc2)=C(N(CC)c2ccccc2)C1=O. The summed E-state index contributed by atoms with van der Waals surface area (Å²) in [5, 5.41) is 2.73. The van der Waals surface area contributed by atoms with E-state index in [-0.39, 0.29) is 17.7 Å². The molecule has 168 valence electrons. The molecule has 0 spiro atoms. The summed E-state index contributed by atoms with van der Waals surface area (Å²) in [6.07, 6.45) is 3.96. The Morgan fingerprint density at radius 1 is 0.906 bits per heavy atom. The van der Waals surface area contributed by atoms with Crippen molar-refractivity contribution in [1.82, 2.24) is 4.90 Å². The number of benzene rings is 2. The van der Waals surface area contributed by atoms with Gasteiger partial charge in [0, 0.05) is 31.4 Å². The Morgan fingerprint density at radius 3 is 2.19 bits per heavy atom. The second-order valence-corrected chi connectivity index (χ2v) is 7.88. The van der Waals surface area contributed by atoms with Crippen molar-refractivity contribution >= 4 is 34.7 Å². The molecule has 0 aliphatic carbocycles. The molecule has 6 nitrogen and oxygen atoms in total. The molecular weight excluding hydrogens is 402 g/mol. The molecule has 0 bridgehead atoms. The highest BCUT2D eigenvalue weighted by Crippen LogP contribution is 2.34. The summed E-state index contributed by atoms with van der Waals surface area (Å²) in [6, 6.07) is 16.7. The highest BCUT2D eigenvalue weighted by molar-refractivity contribution is 6.36. The molecule has 1 N–H and O–H groups in total. The van der Waals surface area contributed by atoms with Crippen molar-refractivity contribution in [2.45, 2.75) is 46.5 Å². The van der Waals surface area contributed by atoms with Crippen molar-refractivity contribution < 1.29 is 14.4 Å². The van der Waals surface area contributed by atoms with Crippen molar-refractivity contribution in [2.75, 3.05) is 23.3 Å². The number of imide groups is 1. The standard InChI is InChI=1S/C26H31N3O3/c1-4-6-7-11-18-29-25(31)23(20-14-16-21(17-15-20)27-19(3)30)24(26(29)32)28(5-2)22-12-9-8-10-13-22/h8-10,12-17H,4-7,11,18H2,1-3H3,(H,27,30). The number of anilines is 2. The largest absolute Gasteiger partial charge is 0.337 e. The number of hydrogen-bond donors (Lipinski definition) is 1. The fourth-order valence-electron chi connectivity index (χ4n) is 3.97. The fourth-order valence-corrected chi connectivity index (χ4v) is 3.97. The Labute approximate surface area is 189 Å². The minimum atomic E-state index is -0.261. The zero-order chi connectivity index (χ0) is 23.1. The molecule has 0 radical (unpaired) electrons. The molecule has 1 aliphatic heterocycles. The summed E-state index contributed by atoms with van der Waals surface area (Å²) >= 11 is 0. The minimum Gasteiger partial charge on any atom is -0.337 e. The topological polar surface area (TPSA) is 69.7 Å². The van der Waals surface area contributed by atoms with Crippen molar-refractivity contribution in [3.8, 4) is 0 Å². The second kappa shape index (κ2) is 10.8. The van der Waals surface area contributed by atoms with E-state index in [1.807, 2.05) is 42.2 Å². The van der Waals surface area contributed by atoms with Gasteiger partial charge in [0.15, 0.2) is 0 Å². The van der Waals surface area contributed by atoms with Gasteiger partial charge in [-0.25, -0.2) is 0 Å². The molecule has 0 fully saturated rings. The molecule has 0 atom stereocenters. The number of likely N-dealkylation sites (N-methyl/N-ethyl adjacent to an activating group) is 1. The second-order valence-electron chi connectivity index (χ2n) is 7.88. The molecule has 0 saturated heterocycles. The maximum Gasteiger partial charge on any atom is 0.278 e. The van der Waals surface area contributed by atoms with Gasteiger partial charge in [-0.1, -0.05) is 56.5 Å². The maximum atomic E-state index is 13.5. The Balaban J connectivity index is 2.02. The van der Waals surface area contributed by atoms with Crippen LogP contribution in [0, 0.1) is 0 Å². The van der Waals surface area contributed by atoms with Crippen molar-refractivity contribution in [2.24, 2.45) is 0 Å². The Morgan fingerprint density at radius 2 is 1.59 bits per heavy atom. The number of carbonyl (C=O) groups excluding carboxylic acids is 3. The van der Waals surface area contributed by atoms with E-state index in [1.165, 1.54) is 11.8 Å². The van der Waals surface area contributed by atoms with Gasteiger partial charge in [-0.2, -0.15) is 0 Å². The molecule has 0 unspecified atom stereocenters. The van der Waals surface area contributed by atoms with Crippen LogP contribution in [0.1, 0.15) is 52.0 Å². The Bertz CT molecular complexity index is 997. The average Bonchev–Trinajstić information content (AvgIpc) is 3.03. The molecule has 6 heteroatoms. The number of amides is 3. The summed E-state index contributed by atoms with van der Waals surface area (Å²) < 4.78 is 0. The van der Waals surface area contributed by atoms with Gasteiger partial charge in [-0.15, -0.1) is 0 Å². The molecule has 1 aliphatic rings. The third-order valence-electron chi connectivity index (χ3n) is 5.53. The number of nitrogens with one attached hydrogen (secondary N) is 1. The van der Waals surface area contributed by atoms with Crippen LogP contribution in [0.3, 0.4) is 0 Å². The summed E-state index contributed by atoms with van der Waals surface area (Å²) in [7, 11) is 0. The maximum absolute atomic E-state index is 13.5. The van der Waals surface area contributed by atoms with Gasteiger partial charge < -0.3 is 10.2 Å². The average molecular weight is 434 g/mol. The van der Waals surface area contributed by atoms with E-state index in [1.54, 1.807) is 24.3 Å². The first kappa shape index (κ1) is 23.3. The predicted molar refractivity (Wildman–Crippen MR) is 128 cm³/mol. The predicted octanol–water partition coefficient (Wildman–Crippen LogP) is 4.83. The Kier molecular flexibility index (Phi) is 7.82. The number of hydrogen-bond acceptors (Lipinski definition) is 4. The van der Waals surface area contributed by atoms with Crippen LogP contribution in [0.2, 0.25) is 0 Å². The zero-order valence-corrected chi connectivity index (χ0v) is 19.1. The zero-order valence-electron chi connectivity index (χ0n) is 19.1. The number of unbranched alkanes of at least 4 members (excludes halogenated alkanes) is 3. The first-order valence-corrected chi connectivity index (χ1v) is 11.3. The van der Waals surface area contributed by atoms with Gasteiger partial charge in [0.25, 0.3) is 11.8 Å². The molecular formula is C26H31N3O3. The van der Waals surface area contributed by atoms with Crippen molar-refractivity contribution in [3.63, 3.8) is 0 Å². The first-order chi connectivity index (χ1) is 15.5. The van der Waals surface area contributed by atoms with Crippen LogP contribution < -0.4 is 10.2 Å². The lowest BCUT2D eigenvalue weighted by Gasteiger charge is -2.25. The summed E-state index contributed by atoms with van der Waals surface area (Å²) in [5.74, 6) is -0.675. The number of carbonyl (C=O) groups is 3. The lowest BCUT2D eigenvalue weighted by molar-refractivity contribution is -0.137. The van der Waals surface area contributed by atoms with E-state index >= 15 is 0 Å². The highest BCUT2D eigenvalue weighted by Gasteiger charge is 2.41. The van der Waals surface area contributed by atoms with E-state index in [2.05, 4.69) is 12.2 Å². The molecule has 2 aromatic carbocycles. The van der Waals surface area contributed by atoms with Crippen LogP contribution >= 0.6 is 0 Å². The van der Waals surface area contributed by atoms with Crippen LogP contribution in [0.15, 0.2) is 60.3 Å². The number of para-hydroxylation sites is 1. The van der Waals surface area contributed by atoms with Gasteiger partial charge in [0.2, 0.25) is 5.91 Å². The van der Waals surface area contributed by atoms with Crippen molar-refractivity contribution in [1.29, 1.82) is 0 Å². The molecule has 32 heavy (non-hydrogen) atoms. The molecule has 0 aromatic heterocycles. The third-order valence-corrected chi connectivity index (χ3v) is 5.53. The van der Waals surface area contributed by atoms with Gasteiger partial charge >= 0.3 is 0 Å². The molecule has 1 heterocycles. The van der Waals surface area contributed by atoms with E-state index < -0.39 is 0 Å². The van der Waals surface area contributed by atoms with Gasteiger partial charge in [-0.3, -0.25) is 19.3 Å². The van der Waals surface area contributed by atoms with E-state index in [9.17, 15) is 14.4 Å².